The molecule has 1 N–H and O–H groups in total. The Morgan fingerprint density at radius 1 is 0.903 bits per heavy atom. The zero-order valence-corrected chi connectivity index (χ0v) is 17.0. The van der Waals surface area contributed by atoms with Crippen LogP contribution in [0.1, 0.15) is 31.8 Å². The summed E-state index contributed by atoms with van der Waals surface area (Å²) in [6.07, 6.45) is 0. The second-order valence-corrected chi connectivity index (χ2v) is 7.17. The number of aryl methyl sites for hydroxylation is 2. The van der Waals surface area contributed by atoms with Gasteiger partial charge in [0.2, 0.25) is 0 Å². The highest BCUT2D eigenvalue weighted by molar-refractivity contribution is 6.04. The second kappa shape index (κ2) is 8.28. The minimum atomic E-state index is -0.827. The van der Waals surface area contributed by atoms with Crippen molar-refractivity contribution >= 4 is 28.5 Å². The van der Waals surface area contributed by atoms with E-state index in [2.05, 4.69) is 5.32 Å². The lowest BCUT2D eigenvalue weighted by Crippen LogP contribution is -2.18. The molecule has 4 aromatic rings. The molecule has 1 amide bonds. The number of carbonyl (C=O) groups excluding carboxylic acids is 2. The summed E-state index contributed by atoms with van der Waals surface area (Å²) >= 11 is 0. The quantitative estimate of drug-likeness (QED) is 0.293. The number of rotatable bonds is 4. The Labute approximate surface area is 178 Å². The number of hydrogen-bond donors (Lipinski definition) is 1. The molecule has 0 aliphatic rings. The summed E-state index contributed by atoms with van der Waals surface area (Å²) in [6.45, 7) is 3.91. The van der Waals surface area contributed by atoms with E-state index in [9.17, 15) is 14.4 Å². The lowest BCUT2D eigenvalue weighted by atomic mass is 10.1. The predicted octanol–water partition coefficient (Wildman–Crippen LogP) is 4.88. The number of para-hydroxylation sites is 1. The molecule has 0 saturated carbocycles. The summed E-state index contributed by atoms with van der Waals surface area (Å²) < 4.78 is 10.5. The first-order valence-electron chi connectivity index (χ1n) is 9.64. The van der Waals surface area contributed by atoms with Gasteiger partial charge < -0.3 is 14.5 Å². The third-order valence-electron chi connectivity index (χ3n) is 4.82. The fraction of sp³-hybridized carbons (Fsp3) is 0.0800. The molecule has 0 aliphatic carbocycles. The number of hydrogen-bond acceptors (Lipinski definition) is 5. The number of amides is 1. The SMILES string of the molecule is Cc1ccc(NC(=O)c2ccc(OC(=O)c3cc4ccccc4oc3=O)cc2)c(C)c1. The van der Waals surface area contributed by atoms with Gasteiger partial charge in [-0.25, -0.2) is 9.59 Å². The van der Waals surface area contributed by atoms with Gasteiger partial charge in [0, 0.05) is 16.6 Å². The maximum absolute atomic E-state index is 12.5. The molecule has 6 heteroatoms. The average Bonchev–Trinajstić information content (AvgIpc) is 2.75. The van der Waals surface area contributed by atoms with Gasteiger partial charge >= 0.3 is 11.6 Å². The summed E-state index contributed by atoms with van der Waals surface area (Å²) in [4.78, 5) is 37.1. The molecule has 0 saturated heterocycles. The Kier molecular flexibility index (Phi) is 5.37. The van der Waals surface area contributed by atoms with E-state index >= 15 is 0 Å². The van der Waals surface area contributed by atoms with E-state index in [-0.39, 0.29) is 17.2 Å². The molecule has 0 unspecified atom stereocenters. The van der Waals surface area contributed by atoms with Gasteiger partial charge in [-0.2, -0.15) is 0 Å². The van der Waals surface area contributed by atoms with Gasteiger partial charge in [-0.1, -0.05) is 35.9 Å². The van der Waals surface area contributed by atoms with Gasteiger partial charge in [0.15, 0.2) is 0 Å². The van der Waals surface area contributed by atoms with E-state index in [0.717, 1.165) is 16.8 Å². The zero-order valence-electron chi connectivity index (χ0n) is 17.0. The van der Waals surface area contributed by atoms with Gasteiger partial charge in [-0.05, 0) is 61.9 Å². The molecule has 3 aromatic carbocycles. The van der Waals surface area contributed by atoms with Gasteiger partial charge in [0.25, 0.3) is 5.91 Å². The van der Waals surface area contributed by atoms with Crippen LogP contribution in [0.25, 0.3) is 11.0 Å². The third-order valence-corrected chi connectivity index (χ3v) is 4.82. The van der Waals surface area contributed by atoms with Crippen molar-refractivity contribution in [2.45, 2.75) is 13.8 Å². The predicted molar refractivity (Wildman–Crippen MR) is 118 cm³/mol. The molecule has 0 spiro atoms. The normalized spacial score (nSPS) is 10.6. The molecular weight excluding hydrogens is 394 g/mol. The number of anilines is 1. The van der Waals surface area contributed by atoms with Crippen LogP contribution in [0, 0.1) is 13.8 Å². The maximum Gasteiger partial charge on any atom is 0.351 e. The van der Waals surface area contributed by atoms with Crippen LogP contribution in [0.4, 0.5) is 5.69 Å². The van der Waals surface area contributed by atoms with Crippen molar-refractivity contribution < 1.29 is 18.7 Å². The van der Waals surface area contributed by atoms with E-state index in [1.807, 2.05) is 32.0 Å². The molecule has 6 nitrogen and oxygen atoms in total. The standard InChI is InChI=1S/C25H19NO5/c1-15-7-12-21(16(2)13-15)26-23(27)17-8-10-19(11-9-17)30-24(28)20-14-18-5-3-4-6-22(18)31-25(20)29/h3-14H,1-2H3,(H,26,27). The van der Waals surface area contributed by atoms with Crippen molar-refractivity contribution in [3.05, 3.63) is 105 Å². The number of fused-ring (bicyclic) bond motifs is 1. The molecule has 31 heavy (non-hydrogen) atoms. The summed E-state index contributed by atoms with van der Waals surface area (Å²) in [7, 11) is 0. The number of esters is 1. The van der Waals surface area contributed by atoms with Gasteiger partial charge in [0.05, 0.1) is 0 Å². The summed E-state index contributed by atoms with van der Waals surface area (Å²) in [5, 5.41) is 3.48. The van der Waals surface area contributed by atoms with Crippen LogP contribution >= 0.6 is 0 Å². The van der Waals surface area contributed by atoms with Crippen LogP contribution in [0.2, 0.25) is 0 Å². The molecule has 4 rings (SSSR count). The van der Waals surface area contributed by atoms with E-state index in [1.54, 1.807) is 36.4 Å². The monoisotopic (exact) mass is 413 g/mol. The van der Waals surface area contributed by atoms with Crippen LogP contribution < -0.4 is 15.7 Å². The first kappa shape index (κ1) is 20.1. The molecule has 0 atom stereocenters. The van der Waals surface area contributed by atoms with Gasteiger partial charge in [-0.3, -0.25) is 4.79 Å². The number of carbonyl (C=O) groups is 2. The molecule has 0 bridgehead atoms. The molecule has 1 heterocycles. The van der Waals surface area contributed by atoms with Crippen molar-refractivity contribution in [1.82, 2.24) is 0 Å². The highest BCUT2D eigenvalue weighted by atomic mass is 16.5. The zero-order chi connectivity index (χ0) is 22.0. The van der Waals surface area contributed by atoms with Gasteiger partial charge in [0.1, 0.15) is 16.9 Å². The molecule has 0 fully saturated rings. The Morgan fingerprint density at radius 2 is 1.65 bits per heavy atom. The first-order valence-corrected chi connectivity index (χ1v) is 9.64. The maximum atomic E-state index is 12.5. The van der Waals surface area contributed by atoms with Crippen LogP contribution in [0.5, 0.6) is 5.75 Å². The van der Waals surface area contributed by atoms with Crippen LogP contribution in [0.15, 0.2) is 82.0 Å². The van der Waals surface area contributed by atoms with Gasteiger partial charge in [-0.15, -0.1) is 0 Å². The minimum absolute atomic E-state index is 0.199. The van der Waals surface area contributed by atoms with Crippen molar-refractivity contribution in [3.8, 4) is 5.75 Å². The summed E-state index contributed by atoms with van der Waals surface area (Å²) in [5.41, 5.74) is 2.64. The Balaban J connectivity index is 1.48. The van der Waals surface area contributed by atoms with E-state index < -0.39 is 11.6 Å². The number of nitrogens with one attached hydrogen (secondary N) is 1. The lowest BCUT2D eigenvalue weighted by molar-refractivity contribution is 0.0730. The largest absolute Gasteiger partial charge is 0.423 e. The molecule has 0 aliphatic heterocycles. The Hall–Kier alpha value is -4.19. The Morgan fingerprint density at radius 3 is 2.39 bits per heavy atom. The third kappa shape index (κ3) is 4.38. The fourth-order valence-electron chi connectivity index (χ4n) is 3.19. The van der Waals surface area contributed by atoms with E-state index in [0.29, 0.717) is 16.5 Å². The highest BCUT2D eigenvalue weighted by Gasteiger charge is 2.16. The highest BCUT2D eigenvalue weighted by Crippen LogP contribution is 2.19. The van der Waals surface area contributed by atoms with Crippen LogP contribution in [0.3, 0.4) is 0 Å². The Bertz CT molecular complexity index is 1350. The van der Waals surface area contributed by atoms with Crippen LogP contribution in [-0.2, 0) is 0 Å². The molecular formula is C25H19NO5. The summed E-state index contributed by atoms with van der Waals surface area (Å²) in [6, 6.07) is 20.2. The lowest BCUT2D eigenvalue weighted by Gasteiger charge is -2.10. The van der Waals surface area contributed by atoms with Crippen molar-refractivity contribution in [2.24, 2.45) is 0 Å². The van der Waals surface area contributed by atoms with Crippen molar-refractivity contribution in [2.75, 3.05) is 5.32 Å². The number of ether oxygens (including phenoxy) is 1. The number of benzene rings is 3. The van der Waals surface area contributed by atoms with E-state index in [4.69, 9.17) is 9.15 Å². The van der Waals surface area contributed by atoms with Crippen molar-refractivity contribution in [3.63, 3.8) is 0 Å². The molecule has 1 aromatic heterocycles. The van der Waals surface area contributed by atoms with Crippen molar-refractivity contribution in [1.29, 1.82) is 0 Å². The second-order valence-electron chi connectivity index (χ2n) is 7.17. The molecule has 154 valence electrons. The topological polar surface area (TPSA) is 85.6 Å². The van der Waals surface area contributed by atoms with E-state index in [1.165, 1.54) is 18.2 Å². The first-order chi connectivity index (χ1) is 14.9. The fourth-order valence-corrected chi connectivity index (χ4v) is 3.19. The van der Waals surface area contributed by atoms with Crippen LogP contribution in [-0.4, -0.2) is 11.9 Å². The minimum Gasteiger partial charge on any atom is -0.423 e. The molecule has 0 radical (unpaired) electrons. The average molecular weight is 413 g/mol. The summed E-state index contributed by atoms with van der Waals surface area (Å²) in [5.74, 6) is -0.896. The smallest absolute Gasteiger partial charge is 0.351 e.